The number of halogens is 2. The molecule has 0 spiro atoms. The van der Waals surface area contributed by atoms with Gasteiger partial charge in [-0.2, -0.15) is 4.98 Å². The Morgan fingerprint density at radius 2 is 2.11 bits per heavy atom. The van der Waals surface area contributed by atoms with Gasteiger partial charge in [0.15, 0.2) is 5.82 Å². The van der Waals surface area contributed by atoms with Crippen LogP contribution in [-0.4, -0.2) is 14.1 Å². The van der Waals surface area contributed by atoms with Gasteiger partial charge in [-0.3, -0.25) is 0 Å². The van der Waals surface area contributed by atoms with Crippen LogP contribution in [-0.2, 0) is 0 Å². The Bertz CT molecular complexity index is 596. The van der Waals surface area contributed by atoms with Crippen LogP contribution in [0.25, 0.3) is 11.5 Å². The number of aromatic nitrogens is 2. The van der Waals surface area contributed by atoms with Crippen molar-refractivity contribution in [1.82, 2.24) is 10.1 Å². The summed E-state index contributed by atoms with van der Waals surface area (Å²) in [6, 6.07) is 6.19. The molecule has 3 rings (SSSR count). The van der Waals surface area contributed by atoms with E-state index in [-0.39, 0.29) is 11.2 Å². The SMILES string of the molecule is CC1(C)[C@H](I)[C@H]1c1noc(-c2cccc(F)c2)n1. The summed E-state index contributed by atoms with van der Waals surface area (Å²) in [5.74, 6) is 1.13. The maximum atomic E-state index is 13.1. The molecule has 5 heteroatoms. The third kappa shape index (κ3) is 1.84. The highest BCUT2D eigenvalue weighted by molar-refractivity contribution is 14.1. The first-order valence-electron chi connectivity index (χ1n) is 5.74. The lowest BCUT2D eigenvalue weighted by molar-refractivity contribution is 0.419. The second-order valence-electron chi connectivity index (χ2n) is 5.17. The van der Waals surface area contributed by atoms with Crippen LogP contribution in [0.3, 0.4) is 0 Å². The highest BCUT2D eigenvalue weighted by Gasteiger charge is 2.59. The highest BCUT2D eigenvalue weighted by Crippen LogP contribution is 2.62. The molecule has 0 N–H and O–H groups in total. The minimum atomic E-state index is -0.300. The summed E-state index contributed by atoms with van der Waals surface area (Å²) in [7, 11) is 0. The van der Waals surface area contributed by atoms with Crippen molar-refractivity contribution in [3.63, 3.8) is 0 Å². The molecule has 2 aromatic rings. The van der Waals surface area contributed by atoms with Crippen molar-refractivity contribution >= 4 is 22.6 Å². The minimum Gasteiger partial charge on any atom is -0.334 e. The Morgan fingerprint density at radius 3 is 2.72 bits per heavy atom. The molecule has 0 amide bonds. The average molecular weight is 358 g/mol. The van der Waals surface area contributed by atoms with Crippen molar-refractivity contribution in [2.75, 3.05) is 0 Å². The van der Waals surface area contributed by atoms with Gasteiger partial charge in [0.1, 0.15) is 5.82 Å². The Balaban J connectivity index is 1.91. The van der Waals surface area contributed by atoms with Crippen LogP contribution >= 0.6 is 22.6 Å². The Kier molecular flexibility index (Phi) is 2.69. The van der Waals surface area contributed by atoms with Crippen LogP contribution < -0.4 is 0 Å². The molecule has 1 aromatic heterocycles. The van der Waals surface area contributed by atoms with E-state index in [9.17, 15) is 4.39 Å². The second-order valence-corrected chi connectivity index (χ2v) is 6.51. The lowest BCUT2D eigenvalue weighted by Gasteiger charge is -1.95. The van der Waals surface area contributed by atoms with E-state index in [1.165, 1.54) is 12.1 Å². The van der Waals surface area contributed by atoms with Gasteiger partial charge in [0.2, 0.25) is 0 Å². The predicted molar refractivity (Wildman–Crippen MR) is 74.0 cm³/mol. The molecule has 0 radical (unpaired) electrons. The summed E-state index contributed by atoms with van der Waals surface area (Å²) in [5.41, 5.74) is 0.834. The van der Waals surface area contributed by atoms with Gasteiger partial charge in [0, 0.05) is 15.4 Å². The van der Waals surface area contributed by atoms with Gasteiger partial charge in [-0.25, -0.2) is 4.39 Å². The number of alkyl halides is 1. The van der Waals surface area contributed by atoms with Gasteiger partial charge in [0.25, 0.3) is 5.89 Å². The van der Waals surface area contributed by atoms with E-state index in [2.05, 4.69) is 46.6 Å². The van der Waals surface area contributed by atoms with Crippen molar-refractivity contribution < 1.29 is 8.91 Å². The van der Waals surface area contributed by atoms with E-state index in [1.54, 1.807) is 12.1 Å². The normalized spacial score (nSPS) is 25.1. The molecule has 3 nitrogen and oxygen atoms in total. The molecular weight excluding hydrogens is 346 g/mol. The van der Waals surface area contributed by atoms with Crippen molar-refractivity contribution in [2.24, 2.45) is 5.41 Å². The van der Waals surface area contributed by atoms with Gasteiger partial charge in [-0.05, 0) is 23.6 Å². The lowest BCUT2D eigenvalue weighted by atomic mass is 10.1. The summed E-state index contributed by atoms with van der Waals surface area (Å²) >= 11 is 2.41. The molecule has 1 aliphatic carbocycles. The topological polar surface area (TPSA) is 38.9 Å². The molecule has 0 aliphatic heterocycles. The van der Waals surface area contributed by atoms with Crippen molar-refractivity contribution in [1.29, 1.82) is 0 Å². The summed E-state index contributed by atoms with van der Waals surface area (Å²) in [5, 5.41) is 4.02. The first-order chi connectivity index (χ1) is 8.50. The van der Waals surface area contributed by atoms with Crippen molar-refractivity contribution in [2.45, 2.75) is 23.7 Å². The zero-order valence-electron chi connectivity index (χ0n) is 10.0. The third-order valence-electron chi connectivity index (χ3n) is 3.49. The first kappa shape index (κ1) is 12.1. The standard InChI is InChI=1S/C13H12FIN2O/c1-13(2)9(10(13)15)11-16-12(18-17-11)7-4-3-5-8(14)6-7/h3-6,9-10H,1-2H3/t9-,10+/m0/s1. The fourth-order valence-corrected chi connectivity index (χ4v) is 3.57. The van der Waals surface area contributed by atoms with Crippen LogP contribution in [0.4, 0.5) is 4.39 Å². The summed E-state index contributed by atoms with van der Waals surface area (Å²) < 4.78 is 18.9. The monoisotopic (exact) mass is 358 g/mol. The van der Waals surface area contributed by atoms with Gasteiger partial charge in [-0.1, -0.05) is 47.7 Å². The molecule has 0 bridgehead atoms. The minimum absolute atomic E-state index is 0.212. The molecule has 1 aliphatic rings. The van der Waals surface area contributed by atoms with Crippen LogP contribution in [0.5, 0.6) is 0 Å². The maximum Gasteiger partial charge on any atom is 0.258 e. The maximum absolute atomic E-state index is 13.1. The summed E-state index contributed by atoms with van der Waals surface area (Å²) in [4.78, 5) is 4.38. The molecule has 2 atom stereocenters. The van der Waals surface area contributed by atoms with Gasteiger partial charge < -0.3 is 4.52 Å². The Hall–Kier alpha value is -0.980. The quantitative estimate of drug-likeness (QED) is 0.606. The molecule has 94 valence electrons. The van der Waals surface area contributed by atoms with Gasteiger partial charge >= 0.3 is 0 Å². The van der Waals surface area contributed by atoms with Crippen LogP contribution in [0.15, 0.2) is 28.8 Å². The van der Waals surface area contributed by atoms with Crippen molar-refractivity contribution in [3.8, 4) is 11.5 Å². The Labute approximate surface area is 118 Å². The average Bonchev–Trinajstić information content (AvgIpc) is 2.68. The van der Waals surface area contributed by atoms with Crippen LogP contribution in [0.1, 0.15) is 25.6 Å². The van der Waals surface area contributed by atoms with E-state index < -0.39 is 0 Å². The summed E-state index contributed by atoms with van der Waals surface area (Å²) in [6.45, 7) is 4.37. The van der Waals surface area contributed by atoms with E-state index in [4.69, 9.17) is 4.52 Å². The van der Waals surface area contributed by atoms with E-state index in [0.29, 0.717) is 21.3 Å². The van der Waals surface area contributed by atoms with E-state index >= 15 is 0 Å². The number of nitrogens with zero attached hydrogens (tertiary/aromatic N) is 2. The fraction of sp³-hybridized carbons (Fsp3) is 0.385. The zero-order chi connectivity index (χ0) is 12.9. The molecule has 0 saturated heterocycles. The highest BCUT2D eigenvalue weighted by atomic mass is 127. The number of hydrogen-bond donors (Lipinski definition) is 0. The second kappa shape index (κ2) is 4.01. The first-order valence-corrected chi connectivity index (χ1v) is 6.98. The molecule has 1 heterocycles. The van der Waals surface area contributed by atoms with Gasteiger partial charge in [0.05, 0.1) is 0 Å². The molecule has 1 saturated carbocycles. The van der Waals surface area contributed by atoms with E-state index in [0.717, 1.165) is 5.82 Å². The number of benzene rings is 1. The smallest absolute Gasteiger partial charge is 0.258 e. The zero-order valence-corrected chi connectivity index (χ0v) is 12.2. The predicted octanol–water partition coefficient (Wildman–Crippen LogP) is 3.80. The largest absolute Gasteiger partial charge is 0.334 e. The van der Waals surface area contributed by atoms with Crippen molar-refractivity contribution in [3.05, 3.63) is 35.9 Å². The molecule has 1 aromatic carbocycles. The summed E-state index contributed by atoms with van der Waals surface area (Å²) in [6.07, 6.45) is 0. The molecule has 1 fully saturated rings. The molecule has 18 heavy (non-hydrogen) atoms. The third-order valence-corrected chi connectivity index (χ3v) is 5.81. The van der Waals surface area contributed by atoms with E-state index in [1.807, 2.05) is 0 Å². The fourth-order valence-electron chi connectivity index (χ4n) is 2.14. The van der Waals surface area contributed by atoms with Gasteiger partial charge in [-0.15, -0.1) is 0 Å². The molecular formula is C13H12FIN2O. The Morgan fingerprint density at radius 1 is 1.39 bits per heavy atom. The molecule has 0 unspecified atom stereocenters. The number of hydrogen-bond acceptors (Lipinski definition) is 3. The van der Waals surface area contributed by atoms with Crippen LogP contribution in [0.2, 0.25) is 0 Å². The number of rotatable bonds is 2. The van der Waals surface area contributed by atoms with Crippen LogP contribution in [0, 0.1) is 11.2 Å². The lowest BCUT2D eigenvalue weighted by Crippen LogP contribution is -1.92.